The third-order valence-electron chi connectivity index (χ3n) is 11.0. The van der Waals surface area contributed by atoms with E-state index in [0.29, 0.717) is 17.5 Å². The fourth-order valence-corrected chi connectivity index (χ4v) is 8.76. The van der Waals surface area contributed by atoms with Gasteiger partial charge in [-0.25, -0.2) is 15.0 Å². The highest BCUT2D eigenvalue weighted by molar-refractivity contribution is 5.95. The van der Waals surface area contributed by atoms with Gasteiger partial charge in [0.05, 0.1) is 5.41 Å². The second-order valence-corrected chi connectivity index (χ2v) is 14.0. The highest BCUT2D eigenvalue weighted by Crippen LogP contribution is 2.62. The van der Waals surface area contributed by atoms with Crippen molar-refractivity contribution in [2.24, 2.45) is 0 Å². The summed E-state index contributed by atoms with van der Waals surface area (Å²) in [4.78, 5) is 15.5. The normalized spacial score (nSPS) is 14.5. The lowest BCUT2D eigenvalue weighted by molar-refractivity contribution is 0.563. The molecule has 0 saturated carbocycles. The number of fused-ring (bicyclic) bond motifs is 10. The second kappa shape index (κ2) is 10.7. The van der Waals surface area contributed by atoms with Gasteiger partial charge in [-0.05, 0) is 61.3 Å². The van der Waals surface area contributed by atoms with E-state index in [0.717, 1.165) is 27.5 Å². The Kier molecular flexibility index (Phi) is 6.13. The molecule has 0 bridgehead atoms. The maximum absolute atomic E-state index is 5.25. The summed E-state index contributed by atoms with van der Waals surface area (Å²) in [5.74, 6) is 1.99. The first-order chi connectivity index (χ1) is 24.5. The van der Waals surface area contributed by atoms with Crippen molar-refractivity contribution in [1.29, 1.82) is 0 Å². The average molecular weight is 640 g/mol. The van der Waals surface area contributed by atoms with E-state index in [4.69, 9.17) is 15.0 Å². The number of hydrogen-bond donors (Lipinski definition) is 0. The minimum absolute atomic E-state index is 0.153. The molecule has 3 nitrogen and oxygen atoms in total. The molecule has 7 aromatic carbocycles. The topological polar surface area (TPSA) is 38.7 Å². The van der Waals surface area contributed by atoms with Crippen molar-refractivity contribution >= 4 is 10.8 Å². The predicted octanol–water partition coefficient (Wildman–Crippen LogP) is 11.0. The maximum Gasteiger partial charge on any atom is 0.164 e. The van der Waals surface area contributed by atoms with E-state index in [1.807, 2.05) is 18.2 Å². The van der Waals surface area contributed by atoms with Crippen molar-refractivity contribution in [2.45, 2.75) is 24.7 Å². The molecule has 0 radical (unpaired) electrons. The molecule has 1 spiro atoms. The molecule has 3 heteroatoms. The number of rotatable bonds is 3. The molecule has 0 amide bonds. The largest absolute Gasteiger partial charge is 0.208 e. The van der Waals surface area contributed by atoms with Crippen LogP contribution in [-0.2, 0) is 10.8 Å². The molecule has 1 heterocycles. The molecule has 10 rings (SSSR count). The average Bonchev–Trinajstić information content (AvgIpc) is 3.47. The van der Waals surface area contributed by atoms with Crippen LogP contribution in [0.5, 0.6) is 0 Å². The first-order valence-electron chi connectivity index (χ1n) is 17.3. The van der Waals surface area contributed by atoms with Crippen molar-refractivity contribution in [3.8, 4) is 45.3 Å². The summed E-state index contributed by atoms with van der Waals surface area (Å²) < 4.78 is 0. The minimum atomic E-state index is -0.488. The SMILES string of the molecule is CC1(C)c2ccccc2C2(c3ccccc3-c3ccc(-c4nc(-c5ccccc5)nc(-c5cccc6ccccc56)n4)cc32)c2ccccc21. The van der Waals surface area contributed by atoms with Gasteiger partial charge in [0.15, 0.2) is 17.5 Å². The highest BCUT2D eigenvalue weighted by atomic mass is 15.0. The molecule has 0 aliphatic heterocycles. The smallest absolute Gasteiger partial charge is 0.164 e. The van der Waals surface area contributed by atoms with Crippen molar-refractivity contribution in [2.75, 3.05) is 0 Å². The van der Waals surface area contributed by atoms with Crippen LogP contribution in [0.25, 0.3) is 56.1 Å². The summed E-state index contributed by atoms with van der Waals surface area (Å²) >= 11 is 0. The van der Waals surface area contributed by atoms with Crippen molar-refractivity contribution in [3.63, 3.8) is 0 Å². The summed E-state index contributed by atoms with van der Waals surface area (Å²) in [6.07, 6.45) is 0. The third kappa shape index (κ3) is 3.95. The van der Waals surface area contributed by atoms with Crippen LogP contribution >= 0.6 is 0 Å². The predicted molar refractivity (Wildman–Crippen MR) is 203 cm³/mol. The van der Waals surface area contributed by atoms with Crippen LogP contribution in [0.3, 0.4) is 0 Å². The number of benzene rings is 7. The van der Waals surface area contributed by atoms with Gasteiger partial charge in [0.25, 0.3) is 0 Å². The highest BCUT2D eigenvalue weighted by Gasteiger charge is 2.53. The fourth-order valence-electron chi connectivity index (χ4n) is 8.76. The van der Waals surface area contributed by atoms with Crippen molar-refractivity contribution < 1.29 is 0 Å². The maximum atomic E-state index is 5.25. The van der Waals surface area contributed by atoms with Gasteiger partial charge in [-0.15, -0.1) is 0 Å². The molecule has 0 unspecified atom stereocenters. The van der Waals surface area contributed by atoms with Gasteiger partial charge in [0.1, 0.15) is 0 Å². The molecule has 0 fully saturated rings. The van der Waals surface area contributed by atoms with Gasteiger partial charge < -0.3 is 0 Å². The summed E-state index contributed by atoms with van der Waals surface area (Å²) in [6.45, 7) is 4.72. The Morgan fingerprint density at radius 2 is 0.880 bits per heavy atom. The van der Waals surface area contributed by atoms with E-state index in [9.17, 15) is 0 Å². The lowest BCUT2D eigenvalue weighted by Gasteiger charge is -2.46. The van der Waals surface area contributed by atoms with E-state index >= 15 is 0 Å². The van der Waals surface area contributed by atoms with Gasteiger partial charge in [0.2, 0.25) is 0 Å². The quantitative estimate of drug-likeness (QED) is 0.193. The van der Waals surface area contributed by atoms with E-state index in [2.05, 4.69) is 159 Å². The zero-order valence-corrected chi connectivity index (χ0v) is 27.9. The Morgan fingerprint density at radius 3 is 1.62 bits per heavy atom. The Labute approximate surface area is 292 Å². The molecule has 2 aliphatic carbocycles. The Balaban J connectivity index is 1.27. The molecule has 0 atom stereocenters. The lowest BCUT2D eigenvalue weighted by Crippen LogP contribution is -2.40. The number of nitrogens with zero attached hydrogens (tertiary/aromatic N) is 3. The third-order valence-corrected chi connectivity index (χ3v) is 11.0. The van der Waals surface area contributed by atoms with Crippen LogP contribution in [0, 0.1) is 0 Å². The van der Waals surface area contributed by atoms with Crippen LogP contribution < -0.4 is 0 Å². The lowest BCUT2D eigenvalue weighted by atomic mass is 9.55. The second-order valence-electron chi connectivity index (χ2n) is 14.0. The molecule has 2 aliphatic rings. The monoisotopic (exact) mass is 639 g/mol. The first kappa shape index (κ1) is 28.8. The Morgan fingerprint density at radius 1 is 0.360 bits per heavy atom. The van der Waals surface area contributed by atoms with Gasteiger partial charge in [0, 0.05) is 22.1 Å². The Hall–Kier alpha value is -6.19. The van der Waals surface area contributed by atoms with Gasteiger partial charge in [-0.2, -0.15) is 0 Å². The van der Waals surface area contributed by atoms with Crippen LogP contribution in [0.2, 0.25) is 0 Å². The zero-order valence-electron chi connectivity index (χ0n) is 27.9. The molecule has 0 saturated heterocycles. The van der Waals surface area contributed by atoms with Crippen LogP contribution in [-0.4, -0.2) is 15.0 Å². The van der Waals surface area contributed by atoms with Crippen molar-refractivity contribution in [3.05, 3.63) is 197 Å². The summed E-state index contributed by atoms with van der Waals surface area (Å²) in [6, 6.07) is 58.9. The number of aromatic nitrogens is 3. The van der Waals surface area contributed by atoms with E-state index in [-0.39, 0.29) is 5.41 Å². The number of hydrogen-bond acceptors (Lipinski definition) is 3. The zero-order chi connectivity index (χ0) is 33.5. The molecular formula is C47H33N3. The van der Waals surface area contributed by atoms with Crippen molar-refractivity contribution in [1.82, 2.24) is 15.0 Å². The summed E-state index contributed by atoms with van der Waals surface area (Å²) in [5.41, 5.74) is 12.8. The van der Waals surface area contributed by atoms with Gasteiger partial charge in [-0.1, -0.05) is 172 Å². The van der Waals surface area contributed by atoms with E-state index in [1.165, 1.54) is 44.5 Å². The van der Waals surface area contributed by atoms with Gasteiger partial charge >= 0.3 is 0 Å². The molecular weight excluding hydrogens is 607 g/mol. The van der Waals surface area contributed by atoms with E-state index < -0.39 is 5.41 Å². The van der Waals surface area contributed by atoms with Crippen LogP contribution in [0.4, 0.5) is 0 Å². The standard InChI is InChI=1S/C47H33N3/c1-46(2)38-23-10-12-25-40(38)47(41-26-13-11-24-39(41)46)37-22-9-8-20-34(37)35-28-27-32(29-42(35)47)44-48-43(31-16-4-3-5-17-31)49-45(50-44)36-21-14-18-30-15-6-7-19-33(30)36/h3-29H,1-2H3. The summed E-state index contributed by atoms with van der Waals surface area (Å²) in [5, 5.41) is 2.27. The fraction of sp³-hybridized carbons (Fsp3) is 0.0851. The van der Waals surface area contributed by atoms with Crippen LogP contribution in [0.1, 0.15) is 47.2 Å². The molecule has 1 aromatic heterocycles. The van der Waals surface area contributed by atoms with E-state index in [1.54, 1.807) is 0 Å². The van der Waals surface area contributed by atoms with Crippen LogP contribution in [0.15, 0.2) is 164 Å². The molecule has 8 aromatic rings. The van der Waals surface area contributed by atoms with Gasteiger partial charge in [-0.3, -0.25) is 0 Å². The summed E-state index contributed by atoms with van der Waals surface area (Å²) in [7, 11) is 0. The first-order valence-corrected chi connectivity index (χ1v) is 17.3. The molecule has 50 heavy (non-hydrogen) atoms. The minimum Gasteiger partial charge on any atom is -0.208 e. The Bertz CT molecular complexity index is 2580. The molecule has 236 valence electrons. The molecule has 0 N–H and O–H groups in total.